The second-order valence-corrected chi connectivity index (χ2v) is 9.04. The van der Waals surface area contributed by atoms with E-state index in [4.69, 9.17) is 34.0 Å². The number of carboxylic acid groups (broad SMARTS) is 1. The van der Waals surface area contributed by atoms with Gasteiger partial charge >= 0.3 is 5.97 Å². The van der Waals surface area contributed by atoms with Gasteiger partial charge in [0.05, 0.1) is 21.5 Å². The molecule has 1 atom stereocenters. The largest absolute Gasteiger partial charge is 0.481 e. The smallest absolute Gasteiger partial charge is 0.307 e. The lowest BCUT2D eigenvalue weighted by molar-refractivity contribution is -0.142. The van der Waals surface area contributed by atoms with Crippen LogP contribution in [-0.4, -0.2) is 42.8 Å². The quantitative estimate of drug-likeness (QED) is 0.728. The van der Waals surface area contributed by atoms with Crippen LogP contribution in [-0.2, 0) is 14.8 Å². The number of aliphatic carboxylic acids is 1. The summed E-state index contributed by atoms with van der Waals surface area (Å²) in [6.45, 7) is 0.334. The highest BCUT2D eigenvalue weighted by Crippen LogP contribution is 2.28. The van der Waals surface area contributed by atoms with E-state index in [0.29, 0.717) is 30.0 Å². The zero-order valence-electron chi connectivity index (χ0n) is 15.3. The summed E-state index contributed by atoms with van der Waals surface area (Å²) in [4.78, 5) is 21.6. The molecule has 10 heteroatoms. The van der Waals surface area contributed by atoms with E-state index in [1.54, 1.807) is 36.4 Å². The van der Waals surface area contributed by atoms with Crippen LogP contribution in [0.15, 0.2) is 53.4 Å². The summed E-state index contributed by atoms with van der Waals surface area (Å²) in [5.74, 6) is -2.10. The molecule has 1 saturated heterocycles. The number of carbonyl (C=O) groups excluding carboxylic acids is 1. The maximum atomic E-state index is 12.4. The van der Waals surface area contributed by atoms with Gasteiger partial charge in [0.25, 0.3) is 0 Å². The van der Waals surface area contributed by atoms with E-state index in [1.807, 2.05) is 0 Å². The summed E-state index contributed by atoms with van der Waals surface area (Å²) in [5.41, 5.74) is 5.36. The molecule has 0 spiro atoms. The highest BCUT2D eigenvalue weighted by molar-refractivity contribution is 7.89. The molecule has 1 aliphatic rings. The zero-order valence-corrected chi connectivity index (χ0v) is 17.6. The summed E-state index contributed by atoms with van der Waals surface area (Å²) < 4.78 is 26.1. The second-order valence-electron chi connectivity index (χ2n) is 6.31. The predicted molar refractivity (Wildman–Crippen MR) is 111 cm³/mol. The average Bonchev–Trinajstić information content (AvgIpc) is 2.69. The fourth-order valence-electron chi connectivity index (χ4n) is 2.82. The van der Waals surface area contributed by atoms with E-state index in [-0.39, 0.29) is 16.5 Å². The first-order valence-electron chi connectivity index (χ1n) is 8.66. The highest BCUT2D eigenvalue weighted by atomic mass is 35.5. The van der Waals surface area contributed by atoms with E-state index in [9.17, 15) is 18.0 Å². The first kappa shape index (κ1) is 23.2. The number of nitrogens with zero attached hydrogens (tertiary/aromatic N) is 1. The van der Waals surface area contributed by atoms with Gasteiger partial charge in [-0.15, -0.1) is 0 Å². The molecule has 1 fully saturated rings. The van der Waals surface area contributed by atoms with Crippen LogP contribution in [0.1, 0.15) is 23.2 Å². The van der Waals surface area contributed by atoms with Crippen LogP contribution in [0.2, 0.25) is 10.0 Å². The molecule has 29 heavy (non-hydrogen) atoms. The minimum absolute atomic E-state index is 0.00287. The Kier molecular flexibility index (Phi) is 8.04. The maximum Gasteiger partial charge on any atom is 0.307 e. The van der Waals surface area contributed by atoms with Crippen molar-refractivity contribution in [3.05, 3.63) is 64.1 Å². The lowest BCUT2D eigenvalue weighted by atomic mass is 10.0. The molecule has 7 nitrogen and oxygen atoms in total. The third-order valence-corrected chi connectivity index (χ3v) is 7.02. The molecule has 3 N–H and O–H groups in total. The minimum Gasteiger partial charge on any atom is -0.481 e. The van der Waals surface area contributed by atoms with Crippen molar-refractivity contribution in [2.24, 2.45) is 11.7 Å². The van der Waals surface area contributed by atoms with Crippen LogP contribution in [0.25, 0.3) is 0 Å². The van der Waals surface area contributed by atoms with Gasteiger partial charge in [0.15, 0.2) is 0 Å². The van der Waals surface area contributed by atoms with E-state index in [2.05, 4.69) is 0 Å². The third kappa shape index (κ3) is 5.93. The Hall–Kier alpha value is -2.13. The SMILES string of the molecule is NC(=O)c1ccccc1Cl.O=C(O)C1CCCN(S(=O)(=O)c2ccccc2Cl)C1. The number of primary amides is 1. The van der Waals surface area contributed by atoms with Crippen molar-refractivity contribution in [2.75, 3.05) is 13.1 Å². The van der Waals surface area contributed by atoms with Crippen molar-refractivity contribution in [1.29, 1.82) is 0 Å². The Bertz CT molecular complexity index is 998. The van der Waals surface area contributed by atoms with Gasteiger partial charge in [-0.3, -0.25) is 9.59 Å². The van der Waals surface area contributed by atoms with Crippen LogP contribution in [0.3, 0.4) is 0 Å². The van der Waals surface area contributed by atoms with E-state index < -0.39 is 27.8 Å². The van der Waals surface area contributed by atoms with Gasteiger partial charge in [-0.05, 0) is 37.1 Å². The van der Waals surface area contributed by atoms with Crippen LogP contribution in [0.4, 0.5) is 0 Å². The number of rotatable bonds is 4. The number of hydrogen-bond donors (Lipinski definition) is 2. The van der Waals surface area contributed by atoms with Gasteiger partial charge in [0.2, 0.25) is 15.9 Å². The molecule has 1 unspecified atom stereocenters. The van der Waals surface area contributed by atoms with Crippen molar-refractivity contribution in [3.8, 4) is 0 Å². The van der Waals surface area contributed by atoms with Gasteiger partial charge in [-0.1, -0.05) is 47.5 Å². The molecule has 156 valence electrons. The van der Waals surface area contributed by atoms with Crippen molar-refractivity contribution < 1.29 is 23.1 Å². The molecular weight excluding hydrogens is 439 g/mol. The number of nitrogens with two attached hydrogens (primary N) is 1. The topological polar surface area (TPSA) is 118 Å². The number of carbonyl (C=O) groups is 2. The molecule has 2 aromatic carbocycles. The van der Waals surface area contributed by atoms with E-state index in [1.165, 1.54) is 16.4 Å². The Morgan fingerprint density at radius 2 is 1.62 bits per heavy atom. The molecule has 0 radical (unpaired) electrons. The van der Waals surface area contributed by atoms with Crippen molar-refractivity contribution >= 4 is 45.1 Å². The summed E-state index contributed by atoms with van der Waals surface area (Å²) >= 11 is 11.5. The normalized spacial score (nSPS) is 17.1. The lowest BCUT2D eigenvalue weighted by Gasteiger charge is -2.30. The fourth-order valence-corrected chi connectivity index (χ4v) is 5.06. The number of piperidine rings is 1. The number of halogens is 2. The summed E-state index contributed by atoms with van der Waals surface area (Å²) in [7, 11) is -3.72. The molecular formula is C19H20Cl2N2O5S. The summed E-state index contributed by atoms with van der Waals surface area (Å²) in [5, 5.41) is 9.55. The van der Waals surface area contributed by atoms with Gasteiger partial charge in [-0.2, -0.15) is 4.31 Å². The Morgan fingerprint density at radius 1 is 1.03 bits per heavy atom. The maximum absolute atomic E-state index is 12.4. The molecule has 1 amide bonds. The molecule has 3 rings (SSSR count). The Morgan fingerprint density at radius 3 is 2.14 bits per heavy atom. The highest BCUT2D eigenvalue weighted by Gasteiger charge is 2.34. The number of hydrogen-bond acceptors (Lipinski definition) is 4. The Labute approximate surface area is 179 Å². The molecule has 0 bridgehead atoms. The van der Waals surface area contributed by atoms with Crippen molar-refractivity contribution in [2.45, 2.75) is 17.7 Å². The van der Waals surface area contributed by atoms with Crippen molar-refractivity contribution in [1.82, 2.24) is 4.31 Å². The van der Waals surface area contributed by atoms with Crippen LogP contribution in [0.5, 0.6) is 0 Å². The van der Waals surface area contributed by atoms with Crippen LogP contribution in [0, 0.1) is 5.92 Å². The summed E-state index contributed by atoms with van der Waals surface area (Å²) in [6.07, 6.45) is 1.05. The molecule has 0 aromatic heterocycles. The molecule has 1 heterocycles. The second kappa shape index (κ2) is 10.1. The van der Waals surface area contributed by atoms with E-state index in [0.717, 1.165) is 0 Å². The van der Waals surface area contributed by atoms with Crippen molar-refractivity contribution in [3.63, 3.8) is 0 Å². The number of amides is 1. The summed E-state index contributed by atoms with van der Waals surface area (Å²) in [6, 6.07) is 12.9. The predicted octanol–water partition coefficient (Wildman–Crippen LogP) is 3.26. The van der Waals surface area contributed by atoms with Gasteiger partial charge < -0.3 is 10.8 Å². The van der Waals surface area contributed by atoms with Crippen LogP contribution < -0.4 is 5.73 Å². The monoisotopic (exact) mass is 458 g/mol. The number of benzene rings is 2. The van der Waals surface area contributed by atoms with Crippen LogP contribution >= 0.6 is 23.2 Å². The first-order valence-corrected chi connectivity index (χ1v) is 10.9. The third-order valence-electron chi connectivity index (χ3n) is 4.33. The molecule has 0 saturated carbocycles. The number of carboxylic acids is 1. The molecule has 1 aliphatic heterocycles. The number of sulfonamides is 1. The minimum atomic E-state index is -3.72. The van der Waals surface area contributed by atoms with Gasteiger partial charge in [0.1, 0.15) is 4.90 Å². The molecule has 2 aromatic rings. The zero-order chi connectivity index (χ0) is 21.6. The van der Waals surface area contributed by atoms with E-state index >= 15 is 0 Å². The van der Waals surface area contributed by atoms with Gasteiger partial charge in [0, 0.05) is 13.1 Å². The fraction of sp³-hybridized carbons (Fsp3) is 0.263. The van der Waals surface area contributed by atoms with Gasteiger partial charge in [-0.25, -0.2) is 8.42 Å². The lowest BCUT2D eigenvalue weighted by Crippen LogP contribution is -2.42. The first-order chi connectivity index (χ1) is 13.6. The molecule has 0 aliphatic carbocycles. The Balaban J connectivity index is 0.000000253. The standard InChI is InChI=1S/C12H14ClNO4S.C7H6ClNO/c13-10-5-1-2-6-11(10)19(17,18)14-7-3-4-9(8-14)12(15)16;8-6-4-2-1-3-5(6)7(9)10/h1-2,5-6,9H,3-4,7-8H2,(H,15,16);1-4H,(H2,9,10). The average molecular weight is 459 g/mol.